The van der Waals surface area contributed by atoms with Gasteiger partial charge in [-0.15, -0.1) is 16.4 Å². The third kappa shape index (κ3) is 4.05. The van der Waals surface area contributed by atoms with Gasteiger partial charge in [0, 0.05) is 22.2 Å². The van der Waals surface area contributed by atoms with Crippen molar-refractivity contribution >= 4 is 46.1 Å². The first-order valence-electron chi connectivity index (χ1n) is 6.89. The molecule has 9 heteroatoms. The van der Waals surface area contributed by atoms with E-state index in [4.69, 9.17) is 27.6 Å². The Hall–Kier alpha value is -2.09. The summed E-state index contributed by atoms with van der Waals surface area (Å²) in [5.74, 6) is -0.644. The van der Waals surface area contributed by atoms with Crippen LogP contribution in [0.5, 0.6) is 0 Å². The van der Waals surface area contributed by atoms with Crippen LogP contribution in [0.25, 0.3) is 10.8 Å². The summed E-state index contributed by atoms with van der Waals surface area (Å²) in [6.07, 6.45) is 0.0560. The summed E-state index contributed by atoms with van der Waals surface area (Å²) in [4.78, 5) is 24.5. The molecule has 124 valence electrons. The van der Waals surface area contributed by atoms with Gasteiger partial charge in [-0.25, -0.2) is 4.79 Å². The van der Waals surface area contributed by atoms with Gasteiger partial charge in [0.25, 0.3) is 5.89 Å². The van der Waals surface area contributed by atoms with Crippen molar-refractivity contribution in [3.63, 3.8) is 0 Å². The third-order valence-corrected chi connectivity index (χ3v) is 4.33. The van der Waals surface area contributed by atoms with Gasteiger partial charge in [0.1, 0.15) is 0 Å². The van der Waals surface area contributed by atoms with Gasteiger partial charge < -0.3 is 9.73 Å². The van der Waals surface area contributed by atoms with Crippen LogP contribution in [-0.4, -0.2) is 15.7 Å². The van der Waals surface area contributed by atoms with Crippen LogP contribution in [0.1, 0.15) is 6.42 Å². The maximum atomic E-state index is 12.0. The zero-order valence-electron chi connectivity index (χ0n) is 12.2. The van der Waals surface area contributed by atoms with E-state index >= 15 is 0 Å². The van der Waals surface area contributed by atoms with Crippen molar-refractivity contribution in [3.8, 4) is 10.8 Å². The molecule has 1 N–H and O–H groups in total. The standard InChI is InChI=1S/C15H11Cl2N3O3S/c16-9-6-10(17)8-11(7-9)18-13(21)3-4-20-15(22)23-14(19-20)12-2-1-5-24-12/h1-2,5-8H,3-4H2,(H,18,21). The number of halogens is 2. The lowest BCUT2D eigenvalue weighted by Crippen LogP contribution is -2.20. The molecule has 0 saturated carbocycles. The number of hydrogen-bond donors (Lipinski definition) is 1. The Morgan fingerprint density at radius 2 is 2.04 bits per heavy atom. The van der Waals surface area contributed by atoms with Crippen molar-refractivity contribution in [1.29, 1.82) is 0 Å². The summed E-state index contributed by atoms with van der Waals surface area (Å²) in [5, 5.41) is 9.46. The first-order chi connectivity index (χ1) is 11.5. The Morgan fingerprint density at radius 1 is 1.29 bits per heavy atom. The average Bonchev–Trinajstić information content (AvgIpc) is 3.13. The molecule has 0 saturated heterocycles. The molecule has 0 bridgehead atoms. The highest BCUT2D eigenvalue weighted by Crippen LogP contribution is 2.23. The molecule has 0 aliphatic carbocycles. The zero-order valence-corrected chi connectivity index (χ0v) is 14.5. The molecule has 24 heavy (non-hydrogen) atoms. The molecule has 0 spiro atoms. The number of carbonyl (C=O) groups excluding carboxylic acids is 1. The Labute approximate surface area is 150 Å². The largest absolute Gasteiger partial charge is 0.437 e. The van der Waals surface area contributed by atoms with Crippen LogP contribution >= 0.6 is 34.5 Å². The van der Waals surface area contributed by atoms with Crippen LogP contribution in [0.2, 0.25) is 10.0 Å². The quantitative estimate of drug-likeness (QED) is 0.724. The Bertz CT molecular complexity index is 898. The molecule has 0 aliphatic heterocycles. The Kier molecular flexibility index (Phi) is 5.03. The first-order valence-corrected chi connectivity index (χ1v) is 8.52. The zero-order chi connectivity index (χ0) is 17.1. The fraction of sp³-hybridized carbons (Fsp3) is 0.133. The molecule has 1 aromatic carbocycles. The van der Waals surface area contributed by atoms with Crippen LogP contribution in [-0.2, 0) is 11.3 Å². The number of rotatable bonds is 5. The van der Waals surface area contributed by atoms with Crippen molar-refractivity contribution in [3.05, 3.63) is 56.3 Å². The number of carbonyl (C=O) groups is 1. The van der Waals surface area contributed by atoms with Crippen molar-refractivity contribution in [2.24, 2.45) is 0 Å². The molecule has 6 nitrogen and oxygen atoms in total. The van der Waals surface area contributed by atoms with Crippen LogP contribution < -0.4 is 11.1 Å². The Balaban J connectivity index is 1.63. The molecular formula is C15H11Cl2N3O3S. The minimum absolute atomic E-state index is 0.0560. The van der Waals surface area contributed by atoms with E-state index < -0.39 is 5.76 Å². The van der Waals surface area contributed by atoms with Crippen LogP contribution in [0.3, 0.4) is 0 Å². The highest BCUT2D eigenvalue weighted by molar-refractivity contribution is 7.13. The Morgan fingerprint density at radius 3 is 2.71 bits per heavy atom. The summed E-state index contributed by atoms with van der Waals surface area (Å²) < 4.78 is 6.21. The molecular weight excluding hydrogens is 373 g/mol. The van der Waals surface area contributed by atoms with E-state index in [2.05, 4.69) is 10.4 Å². The lowest BCUT2D eigenvalue weighted by atomic mass is 10.3. The number of anilines is 1. The molecule has 3 aromatic rings. The van der Waals surface area contributed by atoms with Gasteiger partial charge in [-0.3, -0.25) is 4.79 Å². The summed E-state index contributed by atoms with van der Waals surface area (Å²) in [6, 6.07) is 8.38. The molecule has 2 heterocycles. The van der Waals surface area contributed by atoms with E-state index in [1.165, 1.54) is 11.3 Å². The monoisotopic (exact) mass is 383 g/mol. The summed E-state index contributed by atoms with van der Waals surface area (Å²) >= 11 is 13.2. The fourth-order valence-electron chi connectivity index (χ4n) is 2.00. The number of aryl methyl sites for hydroxylation is 1. The lowest BCUT2D eigenvalue weighted by Gasteiger charge is -2.06. The second-order valence-corrected chi connectivity index (χ2v) is 6.65. The molecule has 2 aromatic heterocycles. The van der Waals surface area contributed by atoms with E-state index in [1.54, 1.807) is 24.3 Å². The molecule has 0 radical (unpaired) electrons. The van der Waals surface area contributed by atoms with E-state index in [1.807, 2.05) is 11.4 Å². The van der Waals surface area contributed by atoms with E-state index in [0.717, 1.165) is 9.56 Å². The minimum Gasteiger partial charge on any atom is -0.387 e. The maximum absolute atomic E-state index is 12.0. The van der Waals surface area contributed by atoms with Crippen molar-refractivity contribution < 1.29 is 9.21 Å². The predicted molar refractivity (Wildman–Crippen MR) is 93.8 cm³/mol. The van der Waals surface area contributed by atoms with Crippen LogP contribution in [0.15, 0.2) is 44.9 Å². The first kappa shape index (κ1) is 16.8. The van der Waals surface area contributed by atoms with Gasteiger partial charge in [0.15, 0.2) is 0 Å². The van der Waals surface area contributed by atoms with E-state index in [0.29, 0.717) is 15.7 Å². The van der Waals surface area contributed by atoms with Crippen molar-refractivity contribution in [2.45, 2.75) is 13.0 Å². The number of aromatic nitrogens is 2. The number of hydrogen-bond acceptors (Lipinski definition) is 5. The van der Waals surface area contributed by atoms with Crippen LogP contribution in [0.4, 0.5) is 5.69 Å². The topological polar surface area (TPSA) is 77.1 Å². The SMILES string of the molecule is O=C(CCn1nc(-c2cccs2)oc1=O)Nc1cc(Cl)cc(Cl)c1. The smallest absolute Gasteiger partial charge is 0.387 e. The van der Waals surface area contributed by atoms with Gasteiger partial charge >= 0.3 is 5.76 Å². The lowest BCUT2D eigenvalue weighted by molar-refractivity contribution is -0.116. The molecule has 0 fully saturated rings. The summed E-state index contributed by atoms with van der Waals surface area (Å²) in [5.41, 5.74) is 0.490. The van der Waals surface area contributed by atoms with Gasteiger partial charge in [-0.1, -0.05) is 29.3 Å². The number of nitrogens with one attached hydrogen (secondary N) is 1. The number of thiophene rings is 1. The average molecular weight is 384 g/mol. The fourth-order valence-corrected chi connectivity index (χ4v) is 3.17. The predicted octanol–water partition coefficient (Wildman–Crippen LogP) is 3.90. The van der Waals surface area contributed by atoms with Crippen LogP contribution in [0, 0.1) is 0 Å². The number of amides is 1. The van der Waals surface area contributed by atoms with Crippen molar-refractivity contribution in [1.82, 2.24) is 9.78 Å². The van der Waals surface area contributed by atoms with E-state index in [-0.39, 0.29) is 24.8 Å². The second kappa shape index (κ2) is 7.21. The normalized spacial score (nSPS) is 10.8. The summed E-state index contributed by atoms with van der Waals surface area (Å²) in [6.45, 7) is 0.105. The van der Waals surface area contributed by atoms with Crippen molar-refractivity contribution in [2.75, 3.05) is 5.32 Å². The van der Waals surface area contributed by atoms with E-state index in [9.17, 15) is 9.59 Å². The van der Waals surface area contributed by atoms with Gasteiger partial charge in [-0.05, 0) is 29.6 Å². The molecule has 1 amide bonds. The highest BCUT2D eigenvalue weighted by Gasteiger charge is 2.12. The minimum atomic E-state index is -0.600. The molecule has 3 rings (SSSR count). The second-order valence-electron chi connectivity index (χ2n) is 4.83. The van der Waals surface area contributed by atoms with Gasteiger partial charge in [0.2, 0.25) is 5.91 Å². The van der Waals surface area contributed by atoms with Gasteiger partial charge in [0.05, 0.1) is 11.4 Å². The summed E-state index contributed by atoms with van der Waals surface area (Å²) in [7, 11) is 0. The number of nitrogens with zero attached hydrogens (tertiary/aromatic N) is 2. The molecule has 0 unspecified atom stereocenters. The number of benzene rings is 1. The molecule has 0 aliphatic rings. The molecule has 0 atom stereocenters. The highest BCUT2D eigenvalue weighted by atomic mass is 35.5. The van der Waals surface area contributed by atoms with Gasteiger partial charge in [-0.2, -0.15) is 4.68 Å². The maximum Gasteiger partial charge on any atom is 0.437 e. The third-order valence-electron chi connectivity index (χ3n) is 3.04.